The van der Waals surface area contributed by atoms with Crippen molar-refractivity contribution < 1.29 is 14.6 Å². The fraction of sp³-hybridized carbons (Fsp3) is 0.789. The third kappa shape index (κ3) is 2.77. The first-order valence-electron chi connectivity index (χ1n) is 9.81. The second kappa shape index (κ2) is 5.94. The molecule has 1 aliphatic heterocycles. The molecule has 0 spiro atoms. The highest BCUT2D eigenvalue weighted by Crippen LogP contribution is 2.57. The number of halogens is 1. The summed E-state index contributed by atoms with van der Waals surface area (Å²) in [5, 5.41) is 18.9. The predicted octanol–water partition coefficient (Wildman–Crippen LogP) is 2.70. The Hall–Kier alpha value is -1.11. The zero-order valence-corrected chi connectivity index (χ0v) is 15.7. The molecule has 2 unspecified atom stereocenters. The fourth-order valence-electron chi connectivity index (χ4n) is 6.35. The molecule has 2 heterocycles. The first-order chi connectivity index (χ1) is 12.5. The zero-order valence-electron chi connectivity index (χ0n) is 14.9. The highest BCUT2D eigenvalue weighted by atomic mass is 35.5. The predicted molar refractivity (Wildman–Crippen MR) is 96.2 cm³/mol. The number of aliphatic hydroxyl groups is 1. The van der Waals surface area contributed by atoms with E-state index in [9.17, 15) is 9.90 Å². The largest absolute Gasteiger partial charge is 0.390 e. The Morgan fingerprint density at radius 2 is 1.96 bits per heavy atom. The number of ether oxygens (including phenoxy) is 1. The molecule has 0 radical (unpaired) electrons. The van der Waals surface area contributed by atoms with Crippen molar-refractivity contribution in [3.05, 3.63) is 16.9 Å². The number of hydrogen-bond donors (Lipinski definition) is 2. The average molecular weight is 380 g/mol. The standard InChI is InChI=1S/C19H26ClN3O3/c20-16-15(10-21-23(16)14-1-3-26-4-2-14)17(24)22-18-6-12-5-13(7-18)9-19(25,8-12)11-18/h10,12-14,25H,1-9,11H2,(H,22,24). The Labute approximate surface area is 158 Å². The van der Waals surface area contributed by atoms with Crippen molar-refractivity contribution in [3.63, 3.8) is 0 Å². The maximum absolute atomic E-state index is 13.0. The summed E-state index contributed by atoms with van der Waals surface area (Å²) in [5.41, 5.74) is -0.422. The molecule has 2 N–H and O–H groups in total. The second-order valence-electron chi connectivity index (χ2n) is 9.06. The summed E-state index contributed by atoms with van der Waals surface area (Å²) in [7, 11) is 0. The molecule has 4 bridgehead atoms. The smallest absolute Gasteiger partial charge is 0.256 e. The summed E-state index contributed by atoms with van der Waals surface area (Å²) in [4.78, 5) is 13.0. The van der Waals surface area contributed by atoms with Gasteiger partial charge in [-0.05, 0) is 63.2 Å². The fourth-order valence-corrected chi connectivity index (χ4v) is 6.67. The molecule has 1 aromatic rings. The van der Waals surface area contributed by atoms with E-state index in [0.717, 1.165) is 38.5 Å². The SMILES string of the molecule is O=C(NC12CC3CC(CC(O)(C3)C1)C2)c1cnn(C2CCOCC2)c1Cl. The van der Waals surface area contributed by atoms with E-state index in [-0.39, 0.29) is 17.5 Å². The minimum Gasteiger partial charge on any atom is -0.390 e. The molecular weight excluding hydrogens is 354 g/mol. The molecule has 2 atom stereocenters. The van der Waals surface area contributed by atoms with Crippen LogP contribution in [-0.2, 0) is 4.74 Å². The third-order valence-corrected chi connectivity index (χ3v) is 7.30. The van der Waals surface area contributed by atoms with E-state index in [0.29, 0.717) is 42.2 Å². The van der Waals surface area contributed by atoms with Gasteiger partial charge in [-0.15, -0.1) is 0 Å². The Morgan fingerprint density at radius 1 is 1.27 bits per heavy atom. The van der Waals surface area contributed by atoms with Gasteiger partial charge in [0.05, 0.1) is 23.4 Å². The van der Waals surface area contributed by atoms with E-state index in [1.165, 1.54) is 6.42 Å². The molecule has 26 heavy (non-hydrogen) atoms. The highest BCUT2D eigenvalue weighted by Gasteiger charge is 2.57. The minimum atomic E-state index is -0.590. The maximum atomic E-state index is 13.0. The van der Waals surface area contributed by atoms with Gasteiger partial charge in [-0.2, -0.15) is 5.10 Å². The summed E-state index contributed by atoms with van der Waals surface area (Å²) in [6, 6.07) is 0.193. The van der Waals surface area contributed by atoms with Gasteiger partial charge in [0.25, 0.3) is 5.91 Å². The van der Waals surface area contributed by atoms with Crippen LogP contribution in [0.15, 0.2) is 6.20 Å². The van der Waals surface area contributed by atoms with Crippen molar-refractivity contribution in [2.24, 2.45) is 11.8 Å². The average Bonchev–Trinajstić information content (AvgIpc) is 2.94. The summed E-state index contributed by atoms with van der Waals surface area (Å²) in [6.07, 6.45) is 8.92. The van der Waals surface area contributed by atoms with Crippen molar-refractivity contribution in [1.29, 1.82) is 0 Å². The van der Waals surface area contributed by atoms with Crippen LogP contribution in [0.25, 0.3) is 0 Å². The van der Waals surface area contributed by atoms with Crippen molar-refractivity contribution in [2.75, 3.05) is 13.2 Å². The van der Waals surface area contributed by atoms with Crippen LogP contribution < -0.4 is 5.32 Å². The second-order valence-corrected chi connectivity index (χ2v) is 9.42. The number of hydrogen-bond acceptors (Lipinski definition) is 4. The zero-order chi connectivity index (χ0) is 17.9. The molecule has 142 valence electrons. The quantitative estimate of drug-likeness (QED) is 0.846. The van der Waals surface area contributed by atoms with Gasteiger partial charge >= 0.3 is 0 Å². The molecule has 4 aliphatic carbocycles. The van der Waals surface area contributed by atoms with E-state index >= 15 is 0 Å². The van der Waals surface area contributed by atoms with Gasteiger partial charge in [-0.1, -0.05) is 11.6 Å². The summed E-state index contributed by atoms with van der Waals surface area (Å²) in [6.45, 7) is 1.40. The van der Waals surface area contributed by atoms with Gasteiger partial charge in [-0.25, -0.2) is 4.68 Å². The lowest BCUT2D eigenvalue weighted by molar-refractivity contribution is -0.139. The van der Waals surface area contributed by atoms with Crippen molar-refractivity contribution in [3.8, 4) is 0 Å². The monoisotopic (exact) mass is 379 g/mol. The van der Waals surface area contributed by atoms with E-state index in [2.05, 4.69) is 10.4 Å². The number of aromatic nitrogens is 2. The van der Waals surface area contributed by atoms with E-state index in [1.807, 2.05) is 0 Å². The topological polar surface area (TPSA) is 76.4 Å². The molecule has 5 fully saturated rings. The van der Waals surface area contributed by atoms with Crippen LogP contribution in [0.1, 0.15) is 67.8 Å². The molecule has 7 heteroatoms. The Kier molecular flexibility index (Phi) is 3.89. The Morgan fingerprint density at radius 3 is 2.62 bits per heavy atom. The van der Waals surface area contributed by atoms with Crippen LogP contribution in [0.5, 0.6) is 0 Å². The van der Waals surface area contributed by atoms with Crippen LogP contribution in [0, 0.1) is 11.8 Å². The Balaban J connectivity index is 1.35. The number of nitrogens with zero attached hydrogens (tertiary/aromatic N) is 2. The normalized spacial score (nSPS) is 39.3. The van der Waals surface area contributed by atoms with Crippen LogP contribution >= 0.6 is 11.6 Å². The summed E-state index contributed by atoms with van der Waals surface area (Å²) in [5.74, 6) is 0.905. The van der Waals surface area contributed by atoms with E-state index < -0.39 is 5.60 Å². The van der Waals surface area contributed by atoms with Gasteiger partial charge in [-0.3, -0.25) is 4.79 Å². The van der Waals surface area contributed by atoms with E-state index in [4.69, 9.17) is 16.3 Å². The number of carbonyl (C=O) groups is 1. The van der Waals surface area contributed by atoms with Gasteiger partial charge in [0, 0.05) is 18.8 Å². The van der Waals surface area contributed by atoms with Gasteiger partial charge < -0.3 is 15.2 Å². The minimum absolute atomic E-state index is 0.154. The molecule has 4 saturated carbocycles. The van der Waals surface area contributed by atoms with Crippen LogP contribution in [0.4, 0.5) is 0 Å². The third-order valence-electron chi connectivity index (χ3n) is 6.92. The number of carbonyl (C=O) groups excluding carboxylic acids is 1. The number of amides is 1. The lowest BCUT2D eigenvalue weighted by Crippen LogP contribution is -2.65. The molecule has 5 aliphatic rings. The molecule has 6 rings (SSSR count). The first kappa shape index (κ1) is 17.0. The van der Waals surface area contributed by atoms with Crippen molar-refractivity contribution in [2.45, 2.75) is 68.5 Å². The van der Waals surface area contributed by atoms with Crippen LogP contribution in [0.2, 0.25) is 5.15 Å². The molecule has 0 aromatic carbocycles. The molecule has 6 nitrogen and oxygen atoms in total. The van der Waals surface area contributed by atoms with Crippen LogP contribution in [-0.4, -0.2) is 45.1 Å². The summed E-state index contributed by atoms with van der Waals surface area (Å²) < 4.78 is 7.17. The Bertz CT molecular complexity index is 714. The maximum Gasteiger partial charge on any atom is 0.256 e. The molecule has 1 amide bonds. The van der Waals surface area contributed by atoms with Gasteiger partial charge in [0.1, 0.15) is 5.15 Å². The highest BCUT2D eigenvalue weighted by molar-refractivity contribution is 6.32. The first-order valence-corrected chi connectivity index (χ1v) is 10.2. The molecule has 1 aromatic heterocycles. The van der Waals surface area contributed by atoms with Gasteiger partial charge in [0.15, 0.2) is 0 Å². The van der Waals surface area contributed by atoms with Crippen molar-refractivity contribution >= 4 is 17.5 Å². The number of nitrogens with one attached hydrogen (secondary N) is 1. The van der Waals surface area contributed by atoms with Crippen LogP contribution in [0.3, 0.4) is 0 Å². The van der Waals surface area contributed by atoms with Crippen molar-refractivity contribution in [1.82, 2.24) is 15.1 Å². The lowest BCUT2D eigenvalue weighted by atomic mass is 9.51. The lowest BCUT2D eigenvalue weighted by Gasteiger charge is -2.60. The number of rotatable bonds is 3. The molecule has 1 saturated heterocycles. The molecular formula is C19H26ClN3O3. The summed E-state index contributed by atoms with van der Waals surface area (Å²) >= 11 is 6.52. The van der Waals surface area contributed by atoms with E-state index in [1.54, 1.807) is 10.9 Å². The van der Waals surface area contributed by atoms with Gasteiger partial charge in [0.2, 0.25) is 0 Å².